The summed E-state index contributed by atoms with van der Waals surface area (Å²) in [4.78, 5) is 0. The van der Waals surface area contributed by atoms with Gasteiger partial charge in [0, 0.05) is 17.2 Å². The van der Waals surface area contributed by atoms with E-state index in [1.54, 1.807) is 0 Å². The van der Waals surface area contributed by atoms with Gasteiger partial charge >= 0.3 is 0 Å². The Hall–Kier alpha value is -1.37. The summed E-state index contributed by atoms with van der Waals surface area (Å²) in [5, 5.41) is 11.7. The topological polar surface area (TPSA) is 37.3 Å². The molecule has 1 aliphatic heterocycles. The van der Waals surface area contributed by atoms with E-state index in [2.05, 4.69) is 45.0 Å². The van der Waals surface area contributed by atoms with Gasteiger partial charge in [-0.1, -0.05) is 81.4 Å². The van der Waals surface area contributed by atoms with E-state index < -0.39 is 12.7 Å². The molecule has 1 heterocycles. The largest absolute Gasteiger partial charge is 0.389 e. The van der Waals surface area contributed by atoms with Crippen molar-refractivity contribution in [2.45, 2.75) is 63.1 Å². The highest BCUT2D eigenvalue weighted by Crippen LogP contribution is 2.87. The highest BCUT2D eigenvalue weighted by molar-refractivity contribution is 7.65. The van der Waals surface area contributed by atoms with Gasteiger partial charge in [-0.05, 0) is 48.1 Å². The Balaban J connectivity index is 1.68. The van der Waals surface area contributed by atoms with Gasteiger partial charge in [-0.2, -0.15) is 0 Å². The van der Waals surface area contributed by atoms with Crippen molar-refractivity contribution in [2.24, 2.45) is 23.2 Å². The van der Waals surface area contributed by atoms with E-state index in [4.69, 9.17) is 0 Å². The van der Waals surface area contributed by atoms with Crippen LogP contribution in [0.1, 0.15) is 57.3 Å². The molecule has 2 saturated carbocycles. The Kier molecular flexibility index (Phi) is 4.11. The maximum absolute atomic E-state index is 15.2. The van der Waals surface area contributed by atoms with E-state index in [9.17, 15) is 5.11 Å². The third-order valence-corrected chi connectivity index (χ3v) is 13.8. The van der Waals surface area contributed by atoms with Crippen LogP contribution in [0.2, 0.25) is 0 Å². The van der Waals surface area contributed by atoms with Crippen molar-refractivity contribution in [2.75, 3.05) is 0 Å². The highest BCUT2D eigenvalue weighted by Gasteiger charge is 2.76. The molecule has 154 valence electrons. The minimum atomic E-state index is -2.81. The van der Waals surface area contributed by atoms with Crippen LogP contribution in [0.3, 0.4) is 0 Å². The summed E-state index contributed by atoms with van der Waals surface area (Å²) >= 11 is 0. The average Bonchev–Trinajstić information content (AvgIpc) is 3.16. The van der Waals surface area contributed by atoms with E-state index in [1.807, 2.05) is 43.3 Å². The summed E-state index contributed by atoms with van der Waals surface area (Å²) in [5.41, 5.74) is 1.24. The van der Waals surface area contributed by atoms with E-state index in [-0.39, 0.29) is 16.7 Å². The van der Waals surface area contributed by atoms with Gasteiger partial charge in [0.05, 0.1) is 11.3 Å². The zero-order valence-corrected chi connectivity index (χ0v) is 18.9. The maximum Gasteiger partial charge on any atom is 0.108 e. The maximum atomic E-state index is 15.2. The van der Waals surface area contributed by atoms with E-state index in [1.165, 1.54) is 0 Å². The lowest BCUT2D eigenvalue weighted by atomic mass is 9.69. The van der Waals surface area contributed by atoms with Crippen molar-refractivity contribution in [3.05, 3.63) is 71.8 Å². The molecule has 5 rings (SSSR count). The number of benzene rings is 2. The lowest BCUT2D eigenvalue weighted by Gasteiger charge is -2.42. The Morgan fingerprint density at radius 3 is 2.14 bits per heavy atom. The summed E-state index contributed by atoms with van der Waals surface area (Å²) in [6.45, 7) is 8.95. The summed E-state index contributed by atoms with van der Waals surface area (Å²) in [6, 6.07) is 20.5. The number of aliphatic hydroxyl groups is 1. The third kappa shape index (κ3) is 2.55. The lowest BCUT2D eigenvalue weighted by molar-refractivity contribution is -0.0195. The van der Waals surface area contributed by atoms with Crippen LogP contribution in [0.25, 0.3) is 0 Å². The van der Waals surface area contributed by atoms with Crippen molar-refractivity contribution >= 4 is 7.14 Å². The van der Waals surface area contributed by atoms with Gasteiger partial charge in [-0.3, -0.25) is 0 Å². The smallest absolute Gasteiger partial charge is 0.108 e. The molecule has 0 aromatic heterocycles. The molecular formula is C26H33O2P. The standard InChI is InChI=1S/C26H33O2P/c1-24(2)20-15-22-25(3,16-21(20)24)29(28,17-18-11-7-5-8-12-18)23(26(22,4)27)19-13-9-6-10-14-19/h5-14,20-23,27H,15-17H2,1-4H3/t20-,21+,22+,23+,25+,26+,29-/m1/s1. The number of hydrogen-bond acceptors (Lipinski definition) is 2. The molecule has 0 unspecified atom stereocenters. The number of hydrogen-bond donors (Lipinski definition) is 1. The fourth-order valence-electron chi connectivity index (χ4n) is 7.36. The fraction of sp³-hybridized carbons (Fsp3) is 0.538. The predicted octanol–water partition coefficient (Wildman–Crippen LogP) is 6.50. The molecule has 0 bridgehead atoms. The van der Waals surface area contributed by atoms with Crippen LogP contribution < -0.4 is 0 Å². The first-order valence-electron chi connectivity index (χ1n) is 11.0. The molecule has 2 aromatic rings. The Bertz CT molecular complexity index is 965. The molecule has 0 spiro atoms. The zero-order chi connectivity index (χ0) is 20.7. The van der Waals surface area contributed by atoms with Crippen molar-refractivity contribution in [1.29, 1.82) is 0 Å². The van der Waals surface area contributed by atoms with Crippen LogP contribution in [0, 0.1) is 23.2 Å². The molecule has 2 aromatic carbocycles. The Labute approximate surface area is 175 Å². The van der Waals surface area contributed by atoms with Gasteiger partial charge < -0.3 is 9.67 Å². The molecule has 3 fully saturated rings. The van der Waals surface area contributed by atoms with Crippen molar-refractivity contribution in [3.8, 4) is 0 Å². The highest BCUT2D eigenvalue weighted by atomic mass is 31.2. The molecule has 1 N–H and O–H groups in total. The number of fused-ring (bicyclic) bond motifs is 2. The molecular weight excluding hydrogens is 375 g/mol. The average molecular weight is 409 g/mol. The van der Waals surface area contributed by atoms with Gasteiger partial charge in [-0.25, -0.2) is 0 Å². The van der Waals surface area contributed by atoms with Crippen LogP contribution in [-0.2, 0) is 10.7 Å². The van der Waals surface area contributed by atoms with Crippen molar-refractivity contribution in [1.82, 2.24) is 0 Å². The Morgan fingerprint density at radius 1 is 0.931 bits per heavy atom. The molecule has 3 aliphatic rings. The first-order valence-corrected chi connectivity index (χ1v) is 13.0. The van der Waals surface area contributed by atoms with Gasteiger partial charge in [-0.15, -0.1) is 0 Å². The van der Waals surface area contributed by atoms with Crippen molar-refractivity contribution < 1.29 is 9.67 Å². The minimum absolute atomic E-state index is 0.0813. The van der Waals surface area contributed by atoms with Crippen molar-refractivity contribution in [3.63, 3.8) is 0 Å². The molecule has 1 saturated heterocycles. The second-order valence-electron chi connectivity index (χ2n) is 10.9. The van der Waals surface area contributed by atoms with E-state index >= 15 is 4.57 Å². The second kappa shape index (κ2) is 6.08. The molecule has 7 atom stereocenters. The van der Waals surface area contributed by atoms with Gasteiger partial charge in [0.15, 0.2) is 0 Å². The normalized spacial score (nSPS) is 44.7. The summed E-state index contributed by atoms with van der Waals surface area (Å²) in [6.07, 6.45) is 2.57. The van der Waals surface area contributed by atoms with Crippen LogP contribution in [-0.4, -0.2) is 15.9 Å². The predicted molar refractivity (Wildman–Crippen MR) is 119 cm³/mol. The zero-order valence-electron chi connectivity index (χ0n) is 18.0. The minimum Gasteiger partial charge on any atom is -0.389 e. The third-order valence-electron chi connectivity index (χ3n) is 9.08. The van der Waals surface area contributed by atoms with Crippen LogP contribution in [0.4, 0.5) is 0 Å². The summed E-state index contributed by atoms with van der Waals surface area (Å²) in [7, 11) is -2.81. The van der Waals surface area contributed by atoms with Gasteiger partial charge in [0.1, 0.15) is 7.14 Å². The molecule has 29 heavy (non-hydrogen) atoms. The molecule has 3 heteroatoms. The van der Waals surface area contributed by atoms with E-state index in [0.29, 0.717) is 23.4 Å². The van der Waals surface area contributed by atoms with Crippen LogP contribution in [0.15, 0.2) is 60.7 Å². The van der Waals surface area contributed by atoms with Gasteiger partial charge in [0.2, 0.25) is 0 Å². The molecule has 0 radical (unpaired) electrons. The fourth-order valence-corrected chi connectivity index (χ4v) is 12.3. The first kappa shape index (κ1) is 19.6. The lowest BCUT2D eigenvalue weighted by Crippen LogP contribution is -2.44. The van der Waals surface area contributed by atoms with Crippen LogP contribution >= 0.6 is 7.14 Å². The Morgan fingerprint density at radius 2 is 1.52 bits per heavy atom. The molecule has 2 nitrogen and oxygen atoms in total. The monoisotopic (exact) mass is 408 g/mol. The molecule has 0 amide bonds. The second-order valence-corrected chi connectivity index (χ2v) is 14.3. The van der Waals surface area contributed by atoms with E-state index in [0.717, 1.165) is 24.0 Å². The molecule has 2 aliphatic carbocycles. The number of rotatable bonds is 3. The summed E-state index contributed by atoms with van der Waals surface area (Å²) in [5.74, 6) is 1.38. The quantitative estimate of drug-likeness (QED) is 0.589. The van der Waals surface area contributed by atoms with Crippen LogP contribution in [0.5, 0.6) is 0 Å². The van der Waals surface area contributed by atoms with Gasteiger partial charge in [0.25, 0.3) is 0 Å². The summed E-state index contributed by atoms with van der Waals surface area (Å²) < 4.78 is 15.2. The first-order chi connectivity index (χ1) is 13.6. The SMILES string of the molecule is CC1(C)[C@@H]2C[C@@H]3[C@](C)(O)[C@H](c4ccccc4)[P@](=O)(Cc4ccccc4)[C@@]3(C)C[C@@H]21.